The van der Waals surface area contributed by atoms with Crippen molar-refractivity contribution in [3.8, 4) is 22.6 Å². The number of hydrogen-bond acceptors (Lipinski definition) is 3. The van der Waals surface area contributed by atoms with Gasteiger partial charge in [-0.15, -0.1) is 0 Å². The Balaban J connectivity index is 1.25. The highest BCUT2D eigenvalue weighted by molar-refractivity contribution is 6.22. The summed E-state index contributed by atoms with van der Waals surface area (Å²) in [6.45, 7) is 0. The van der Waals surface area contributed by atoms with E-state index in [0.717, 1.165) is 23.3 Å². The normalized spacial score (nSPS) is 25.9. The zero-order valence-electron chi connectivity index (χ0n) is 16.8. The number of carbonyl (C=O) groups is 2. The first-order valence-corrected chi connectivity index (χ1v) is 10.7. The van der Waals surface area contributed by atoms with E-state index in [2.05, 4.69) is 24.3 Å². The van der Waals surface area contributed by atoms with Gasteiger partial charge in [0.15, 0.2) is 0 Å². The lowest BCUT2D eigenvalue weighted by molar-refractivity contribution is -0.123. The molecule has 2 fully saturated rings. The quantitative estimate of drug-likeness (QED) is 0.426. The number of nitrogens with zero attached hydrogens (tertiary/aromatic N) is 1. The molecule has 2 aliphatic carbocycles. The average molecular weight is 407 g/mol. The van der Waals surface area contributed by atoms with Gasteiger partial charge in [0.25, 0.3) is 0 Å². The first-order valence-electron chi connectivity index (χ1n) is 10.7. The Hall–Kier alpha value is -3.66. The van der Waals surface area contributed by atoms with Gasteiger partial charge in [0, 0.05) is 5.56 Å². The molecule has 4 nitrogen and oxygen atoms in total. The molecule has 3 aromatic rings. The summed E-state index contributed by atoms with van der Waals surface area (Å²) in [4.78, 5) is 27.4. The summed E-state index contributed by atoms with van der Waals surface area (Å²) in [6, 6.07) is 25.2. The molecule has 0 aromatic heterocycles. The Kier molecular flexibility index (Phi) is 4.06. The summed E-state index contributed by atoms with van der Waals surface area (Å²) in [7, 11) is 0. The van der Waals surface area contributed by atoms with Crippen molar-refractivity contribution in [2.24, 2.45) is 23.7 Å². The maximum Gasteiger partial charge on any atom is 0.238 e. The molecule has 31 heavy (non-hydrogen) atoms. The molecule has 2 bridgehead atoms. The van der Waals surface area contributed by atoms with E-state index < -0.39 is 0 Å². The molecule has 4 atom stereocenters. The molecule has 0 radical (unpaired) electrons. The van der Waals surface area contributed by atoms with Gasteiger partial charge in [-0.1, -0.05) is 60.7 Å². The standard InChI is InChI=1S/C27H21NO3/c29-26-24-18-10-11-19(16-18)25(24)27(30)28(26)20-12-14-21(15-13-20)31-23-9-5-4-8-22(23)17-6-2-1-3-7-17/h1-15,18-19,24-25H,16H2/t18-,19-,24+,25+/m1/s1. The molecule has 3 aliphatic rings. The highest BCUT2D eigenvalue weighted by Crippen LogP contribution is 2.53. The summed E-state index contributed by atoms with van der Waals surface area (Å²) >= 11 is 0. The molecule has 4 heteroatoms. The number of rotatable bonds is 4. The van der Waals surface area contributed by atoms with Crippen molar-refractivity contribution in [2.75, 3.05) is 4.90 Å². The fraction of sp³-hybridized carbons (Fsp3) is 0.185. The largest absolute Gasteiger partial charge is 0.457 e. The van der Waals surface area contributed by atoms with Crippen LogP contribution >= 0.6 is 0 Å². The first-order chi connectivity index (χ1) is 15.2. The van der Waals surface area contributed by atoms with E-state index in [1.54, 1.807) is 12.1 Å². The van der Waals surface area contributed by atoms with Crippen molar-refractivity contribution in [1.82, 2.24) is 0 Å². The Morgan fingerprint density at radius 3 is 2.00 bits per heavy atom. The zero-order valence-corrected chi connectivity index (χ0v) is 16.8. The van der Waals surface area contributed by atoms with E-state index in [1.807, 2.05) is 54.6 Å². The molecule has 152 valence electrons. The number of allylic oxidation sites excluding steroid dienone is 2. The fourth-order valence-electron chi connectivity index (χ4n) is 5.36. The van der Waals surface area contributed by atoms with Crippen molar-refractivity contribution >= 4 is 17.5 Å². The number of amides is 2. The third kappa shape index (κ3) is 2.82. The van der Waals surface area contributed by atoms with E-state index >= 15 is 0 Å². The third-order valence-electron chi connectivity index (χ3n) is 6.76. The molecule has 3 aromatic carbocycles. The van der Waals surface area contributed by atoms with Gasteiger partial charge in [0.2, 0.25) is 11.8 Å². The van der Waals surface area contributed by atoms with Crippen molar-refractivity contribution in [1.29, 1.82) is 0 Å². The molecule has 2 amide bonds. The molecule has 0 spiro atoms. The predicted octanol–water partition coefficient (Wildman–Crippen LogP) is 5.46. The molecule has 1 saturated carbocycles. The van der Waals surface area contributed by atoms with Crippen LogP contribution in [0.3, 0.4) is 0 Å². The molecular weight excluding hydrogens is 386 g/mol. The van der Waals surface area contributed by atoms with Crippen LogP contribution in [0.25, 0.3) is 11.1 Å². The molecule has 0 unspecified atom stereocenters. The Bertz CT molecular complexity index is 1170. The Morgan fingerprint density at radius 2 is 1.32 bits per heavy atom. The SMILES string of the molecule is O=C1[C@@H]2[C@@H](C(=O)N1c1ccc(Oc3ccccc3-c3ccccc3)cc1)[C@@H]1C=C[C@@H]2C1. The van der Waals surface area contributed by atoms with Crippen molar-refractivity contribution < 1.29 is 14.3 Å². The van der Waals surface area contributed by atoms with Gasteiger partial charge in [0.1, 0.15) is 11.5 Å². The van der Waals surface area contributed by atoms with Gasteiger partial charge in [-0.05, 0) is 54.2 Å². The van der Waals surface area contributed by atoms with Crippen LogP contribution in [0.1, 0.15) is 6.42 Å². The predicted molar refractivity (Wildman–Crippen MR) is 119 cm³/mol. The second-order valence-electron chi connectivity index (χ2n) is 8.47. The Labute approximate surface area is 180 Å². The van der Waals surface area contributed by atoms with Crippen LogP contribution < -0.4 is 9.64 Å². The van der Waals surface area contributed by atoms with Crippen LogP contribution in [0.2, 0.25) is 0 Å². The highest BCUT2D eigenvalue weighted by atomic mass is 16.5. The van der Waals surface area contributed by atoms with Gasteiger partial charge in [-0.3, -0.25) is 14.5 Å². The van der Waals surface area contributed by atoms with Crippen LogP contribution in [0.4, 0.5) is 5.69 Å². The summed E-state index contributed by atoms with van der Waals surface area (Å²) in [5.41, 5.74) is 2.71. The van der Waals surface area contributed by atoms with Crippen molar-refractivity contribution in [3.63, 3.8) is 0 Å². The number of anilines is 1. The summed E-state index contributed by atoms with van der Waals surface area (Å²) < 4.78 is 6.16. The van der Waals surface area contributed by atoms with Crippen LogP contribution in [-0.2, 0) is 9.59 Å². The monoisotopic (exact) mass is 407 g/mol. The minimum absolute atomic E-state index is 0.0602. The molecular formula is C27H21NO3. The van der Waals surface area contributed by atoms with E-state index in [-0.39, 0.29) is 35.5 Å². The van der Waals surface area contributed by atoms with Crippen LogP contribution in [0, 0.1) is 23.7 Å². The maximum absolute atomic E-state index is 13.0. The van der Waals surface area contributed by atoms with Crippen molar-refractivity contribution in [2.45, 2.75) is 6.42 Å². The smallest absolute Gasteiger partial charge is 0.238 e. The van der Waals surface area contributed by atoms with Gasteiger partial charge in [0.05, 0.1) is 17.5 Å². The van der Waals surface area contributed by atoms with Gasteiger partial charge < -0.3 is 4.74 Å². The second kappa shape index (κ2) is 6.95. The number of ether oxygens (including phenoxy) is 1. The van der Waals surface area contributed by atoms with Crippen LogP contribution in [0.15, 0.2) is 91.0 Å². The number of fused-ring (bicyclic) bond motifs is 5. The molecule has 1 aliphatic heterocycles. The number of carbonyl (C=O) groups excluding carboxylic acids is 2. The van der Waals surface area contributed by atoms with E-state index in [4.69, 9.17) is 4.74 Å². The average Bonchev–Trinajstić information content (AvgIpc) is 3.49. The van der Waals surface area contributed by atoms with Crippen LogP contribution in [-0.4, -0.2) is 11.8 Å². The van der Waals surface area contributed by atoms with Gasteiger partial charge in [-0.2, -0.15) is 0 Å². The van der Waals surface area contributed by atoms with E-state index in [9.17, 15) is 9.59 Å². The molecule has 1 heterocycles. The van der Waals surface area contributed by atoms with E-state index in [0.29, 0.717) is 11.4 Å². The Morgan fingerprint density at radius 1 is 0.710 bits per heavy atom. The summed E-state index contributed by atoms with van der Waals surface area (Å²) in [6.07, 6.45) is 5.16. The van der Waals surface area contributed by atoms with Crippen LogP contribution in [0.5, 0.6) is 11.5 Å². The number of para-hydroxylation sites is 1. The zero-order chi connectivity index (χ0) is 20.9. The lowest BCUT2D eigenvalue weighted by Gasteiger charge is -2.18. The summed E-state index contributed by atoms with van der Waals surface area (Å²) in [5, 5.41) is 0. The topological polar surface area (TPSA) is 46.6 Å². The molecule has 1 saturated heterocycles. The highest BCUT2D eigenvalue weighted by Gasteiger charge is 2.59. The van der Waals surface area contributed by atoms with Crippen molar-refractivity contribution in [3.05, 3.63) is 91.0 Å². The van der Waals surface area contributed by atoms with E-state index in [1.165, 1.54) is 4.90 Å². The number of imide groups is 1. The molecule has 6 rings (SSSR count). The number of hydrogen-bond donors (Lipinski definition) is 0. The maximum atomic E-state index is 13.0. The first kappa shape index (κ1) is 18.1. The van der Waals surface area contributed by atoms with Gasteiger partial charge >= 0.3 is 0 Å². The fourth-order valence-corrected chi connectivity index (χ4v) is 5.36. The second-order valence-corrected chi connectivity index (χ2v) is 8.47. The minimum Gasteiger partial charge on any atom is -0.457 e. The minimum atomic E-state index is -0.184. The summed E-state index contributed by atoms with van der Waals surface area (Å²) in [5.74, 6) is 1.36. The third-order valence-corrected chi connectivity index (χ3v) is 6.76. The van der Waals surface area contributed by atoms with Gasteiger partial charge in [-0.25, -0.2) is 0 Å². The number of benzene rings is 3. The lowest BCUT2D eigenvalue weighted by atomic mass is 9.85. The lowest BCUT2D eigenvalue weighted by Crippen LogP contribution is -2.32. The molecule has 0 N–H and O–H groups in total.